The minimum atomic E-state index is 0.635. The van der Waals surface area contributed by atoms with Crippen LogP contribution < -0.4 is 0 Å². The Kier molecular flexibility index (Phi) is 3.92. The minimum absolute atomic E-state index is 0.635. The van der Waals surface area contributed by atoms with Crippen molar-refractivity contribution in [2.24, 2.45) is 21.1 Å². The first-order valence-electron chi connectivity index (χ1n) is 6.84. The van der Waals surface area contributed by atoms with Crippen molar-refractivity contribution in [2.75, 3.05) is 0 Å². The number of aryl methyl sites for hydroxylation is 3. The number of aromatic nitrogens is 9. The summed E-state index contributed by atoms with van der Waals surface area (Å²) < 4.78 is 5.71. The van der Waals surface area contributed by atoms with Crippen molar-refractivity contribution in [1.29, 1.82) is 0 Å². The Labute approximate surface area is 127 Å². The predicted octanol–water partition coefficient (Wildman–Crippen LogP) is -0.725. The van der Waals surface area contributed by atoms with Gasteiger partial charge in [0, 0.05) is 21.1 Å². The van der Waals surface area contributed by atoms with Crippen LogP contribution in [0, 0.1) is 0 Å². The van der Waals surface area contributed by atoms with E-state index in [1.807, 2.05) is 34.8 Å². The second kappa shape index (κ2) is 6.02. The summed E-state index contributed by atoms with van der Waals surface area (Å²) in [6.07, 6.45) is 5.08. The third-order valence-corrected chi connectivity index (χ3v) is 3.51. The van der Waals surface area contributed by atoms with Crippen LogP contribution in [0.25, 0.3) is 0 Å². The van der Waals surface area contributed by atoms with Gasteiger partial charge in [0.05, 0.1) is 19.6 Å². The topological polar surface area (TPSA) is 95.4 Å². The monoisotopic (exact) mass is 302 g/mol. The Balaban J connectivity index is 1.80. The molecule has 0 unspecified atom stereocenters. The zero-order valence-electron chi connectivity index (χ0n) is 12.8. The molecule has 0 saturated heterocycles. The lowest BCUT2D eigenvalue weighted by molar-refractivity contribution is 0.221. The van der Waals surface area contributed by atoms with Crippen molar-refractivity contribution in [1.82, 2.24) is 49.2 Å². The van der Waals surface area contributed by atoms with Crippen molar-refractivity contribution >= 4 is 0 Å². The summed E-state index contributed by atoms with van der Waals surface area (Å²) in [6, 6.07) is 0. The van der Waals surface area contributed by atoms with E-state index < -0.39 is 0 Å². The van der Waals surface area contributed by atoms with E-state index in [0.29, 0.717) is 19.6 Å². The molecule has 0 atom stereocenters. The fourth-order valence-corrected chi connectivity index (χ4v) is 2.12. The van der Waals surface area contributed by atoms with E-state index in [1.165, 1.54) is 0 Å². The molecule has 0 amide bonds. The molecular formula is C12H18N10. The van der Waals surface area contributed by atoms with E-state index >= 15 is 0 Å². The van der Waals surface area contributed by atoms with E-state index in [1.54, 1.807) is 19.0 Å². The molecule has 0 spiro atoms. The summed E-state index contributed by atoms with van der Waals surface area (Å²) in [5.41, 5.74) is 0. The van der Waals surface area contributed by atoms with Crippen molar-refractivity contribution in [2.45, 2.75) is 19.6 Å². The molecule has 3 heterocycles. The molecule has 10 heteroatoms. The molecule has 116 valence electrons. The lowest BCUT2D eigenvalue weighted by atomic mass is 10.4. The Morgan fingerprint density at radius 2 is 1.00 bits per heavy atom. The van der Waals surface area contributed by atoms with Gasteiger partial charge in [-0.05, 0) is 0 Å². The predicted molar refractivity (Wildman–Crippen MR) is 76.0 cm³/mol. The van der Waals surface area contributed by atoms with E-state index in [-0.39, 0.29) is 0 Å². The van der Waals surface area contributed by atoms with Crippen LogP contribution in [-0.4, -0.2) is 49.2 Å². The highest BCUT2D eigenvalue weighted by atomic mass is 15.3. The highest BCUT2D eigenvalue weighted by Gasteiger charge is 2.16. The van der Waals surface area contributed by atoms with Gasteiger partial charge in [-0.2, -0.15) is 0 Å². The number of hydrogen-bond acceptors (Lipinski definition) is 7. The van der Waals surface area contributed by atoms with Gasteiger partial charge in [0.25, 0.3) is 0 Å². The lowest BCUT2D eigenvalue weighted by Gasteiger charge is -2.20. The van der Waals surface area contributed by atoms with Gasteiger partial charge in [-0.1, -0.05) is 0 Å². The zero-order valence-corrected chi connectivity index (χ0v) is 12.8. The molecule has 22 heavy (non-hydrogen) atoms. The van der Waals surface area contributed by atoms with Crippen LogP contribution in [0.3, 0.4) is 0 Å². The van der Waals surface area contributed by atoms with Gasteiger partial charge in [0.2, 0.25) is 0 Å². The number of hydrogen-bond donors (Lipinski definition) is 0. The van der Waals surface area contributed by atoms with Crippen LogP contribution >= 0.6 is 0 Å². The molecule has 0 radical (unpaired) electrons. The Morgan fingerprint density at radius 3 is 1.23 bits per heavy atom. The fourth-order valence-electron chi connectivity index (χ4n) is 2.12. The van der Waals surface area contributed by atoms with Gasteiger partial charge in [0.1, 0.15) is 36.5 Å². The maximum Gasteiger partial charge on any atom is 0.146 e. The maximum atomic E-state index is 4.14. The van der Waals surface area contributed by atoms with E-state index in [2.05, 4.69) is 35.5 Å². The Hall–Kier alpha value is -2.62. The molecule has 0 bridgehead atoms. The minimum Gasteiger partial charge on any atom is -0.320 e. The summed E-state index contributed by atoms with van der Waals surface area (Å²) in [6.45, 7) is 1.91. The SMILES string of the molecule is Cn1cnnc1CN(Cc1nncn1C)Cc1nncn1C. The second-order valence-corrected chi connectivity index (χ2v) is 5.22. The molecule has 0 fully saturated rings. The average Bonchev–Trinajstić information content (AvgIpc) is 3.17. The van der Waals surface area contributed by atoms with Crippen molar-refractivity contribution in [3.63, 3.8) is 0 Å². The van der Waals surface area contributed by atoms with Crippen molar-refractivity contribution in [3.05, 3.63) is 36.5 Å². The lowest BCUT2D eigenvalue weighted by Crippen LogP contribution is -2.27. The molecular weight excluding hydrogens is 284 g/mol. The molecule has 3 rings (SSSR count). The van der Waals surface area contributed by atoms with Gasteiger partial charge in [-0.3, -0.25) is 4.90 Å². The maximum absolute atomic E-state index is 4.14. The largest absolute Gasteiger partial charge is 0.320 e. The second-order valence-electron chi connectivity index (χ2n) is 5.22. The molecule has 0 aliphatic rings. The molecule has 0 aromatic carbocycles. The van der Waals surface area contributed by atoms with Crippen LogP contribution in [0.1, 0.15) is 17.5 Å². The molecule has 0 saturated carbocycles. The third kappa shape index (κ3) is 3.01. The first-order chi connectivity index (χ1) is 10.6. The van der Waals surface area contributed by atoms with Crippen LogP contribution in [0.2, 0.25) is 0 Å². The molecule has 3 aromatic rings. The van der Waals surface area contributed by atoms with Gasteiger partial charge in [-0.15, -0.1) is 30.6 Å². The normalized spacial score (nSPS) is 11.5. The molecule has 10 nitrogen and oxygen atoms in total. The smallest absolute Gasteiger partial charge is 0.146 e. The van der Waals surface area contributed by atoms with E-state index in [0.717, 1.165) is 17.5 Å². The molecule has 0 aliphatic heterocycles. The number of nitrogens with zero attached hydrogens (tertiary/aromatic N) is 10. The Bertz CT molecular complexity index is 638. The van der Waals surface area contributed by atoms with E-state index in [4.69, 9.17) is 0 Å². The van der Waals surface area contributed by atoms with Crippen LogP contribution in [-0.2, 0) is 40.8 Å². The number of rotatable bonds is 6. The first-order valence-corrected chi connectivity index (χ1v) is 6.84. The summed E-state index contributed by atoms with van der Waals surface area (Å²) in [5.74, 6) is 2.64. The summed E-state index contributed by atoms with van der Waals surface area (Å²) in [5, 5.41) is 24.2. The fraction of sp³-hybridized carbons (Fsp3) is 0.500. The summed E-state index contributed by atoms with van der Waals surface area (Å²) in [7, 11) is 5.79. The van der Waals surface area contributed by atoms with Gasteiger partial charge in [0.15, 0.2) is 0 Å². The van der Waals surface area contributed by atoms with Crippen LogP contribution in [0.15, 0.2) is 19.0 Å². The van der Waals surface area contributed by atoms with Gasteiger partial charge in [-0.25, -0.2) is 0 Å². The van der Waals surface area contributed by atoms with Crippen LogP contribution in [0.5, 0.6) is 0 Å². The first kappa shape index (κ1) is 14.3. The highest BCUT2D eigenvalue weighted by Crippen LogP contribution is 2.09. The highest BCUT2D eigenvalue weighted by molar-refractivity contribution is 4.92. The van der Waals surface area contributed by atoms with Crippen molar-refractivity contribution in [3.8, 4) is 0 Å². The van der Waals surface area contributed by atoms with Crippen LogP contribution in [0.4, 0.5) is 0 Å². The third-order valence-electron chi connectivity index (χ3n) is 3.51. The van der Waals surface area contributed by atoms with Gasteiger partial charge < -0.3 is 13.7 Å². The molecule has 0 aliphatic carbocycles. The van der Waals surface area contributed by atoms with E-state index in [9.17, 15) is 0 Å². The van der Waals surface area contributed by atoms with Gasteiger partial charge >= 0.3 is 0 Å². The standard InChI is InChI=1S/C12H18N10/c1-19-7-13-16-10(19)4-22(5-11-17-14-8-20(11)2)6-12-18-15-9-21(12)3/h7-9H,4-6H2,1-3H3. The summed E-state index contributed by atoms with van der Waals surface area (Å²) >= 11 is 0. The molecule has 0 N–H and O–H groups in total. The Morgan fingerprint density at radius 1 is 0.682 bits per heavy atom. The average molecular weight is 302 g/mol. The zero-order chi connectivity index (χ0) is 15.5. The quantitative estimate of drug-likeness (QED) is 0.592. The summed E-state index contributed by atoms with van der Waals surface area (Å²) in [4.78, 5) is 2.18. The molecule has 3 aromatic heterocycles. The van der Waals surface area contributed by atoms with Crippen molar-refractivity contribution < 1.29 is 0 Å².